The van der Waals surface area contributed by atoms with Crippen LogP contribution < -0.4 is 10.6 Å². The van der Waals surface area contributed by atoms with Gasteiger partial charge in [-0.05, 0) is 68.7 Å². The third kappa shape index (κ3) is 4.15. The molecule has 0 atom stereocenters. The van der Waals surface area contributed by atoms with Gasteiger partial charge in [0.25, 0.3) is 0 Å². The van der Waals surface area contributed by atoms with E-state index in [0.717, 1.165) is 6.42 Å². The lowest BCUT2D eigenvalue weighted by atomic mass is 10.0. The quantitative estimate of drug-likeness (QED) is 0.722. The summed E-state index contributed by atoms with van der Waals surface area (Å²) in [5.74, 6) is 0. The lowest BCUT2D eigenvalue weighted by Gasteiger charge is -2.18. The summed E-state index contributed by atoms with van der Waals surface area (Å²) in [6.45, 7) is 13.8. The van der Waals surface area contributed by atoms with Crippen LogP contribution >= 0.6 is 15.8 Å². The Morgan fingerprint density at radius 1 is 0.667 bits per heavy atom. The van der Waals surface area contributed by atoms with Gasteiger partial charge in [-0.2, -0.15) is 0 Å². The zero-order valence-corrected chi connectivity index (χ0v) is 15.9. The fourth-order valence-corrected chi connectivity index (χ4v) is 5.06. The van der Waals surface area contributed by atoms with E-state index in [1.807, 2.05) is 0 Å². The van der Waals surface area contributed by atoms with Crippen molar-refractivity contribution < 1.29 is 0 Å². The molecule has 0 fully saturated rings. The van der Waals surface area contributed by atoms with Gasteiger partial charge in [0.15, 0.2) is 0 Å². The summed E-state index contributed by atoms with van der Waals surface area (Å²) in [6, 6.07) is 14.0. The highest BCUT2D eigenvalue weighted by Crippen LogP contribution is 2.30. The van der Waals surface area contributed by atoms with Gasteiger partial charge in [-0.25, -0.2) is 0 Å². The van der Waals surface area contributed by atoms with Crippen LogP contribution in [0.4, 0.5) is 0 Å². The SMILES string of the molecule is Cc1ccc(Cc2ccc(C)cc2P(C)C)c(P(C)C)c1. The molecule has 2 aromatic rings. The molecule has 0 saturated heterocycles. The van der Waals surface area contributed by atoms with Crippen molar-refractivity contribution >= 4 is 26.5 Å². The molecule has 2 heteroatoms. The maximum Gasteiger partial charge on any atom is -0.00131 e. The van der Waals surface area contributed by atoms with Crippen molar-refractivity contribution in [2.75, 3.05) is 26.7 Å². The van der Waals surface area contributed by atoms with Gasteiger partial charge in [0.2, 0.25) is 0 Å². The second-order valence-corrected chi connectivity index (χ2v) is 10.8. The highest BCUT2D eigenvalue weighted by molar-refractivity contribution is 7.64. The van der Waals surface area contributed by atoms with Gasteiger partial charge in [0, 0.05) is 0 Å². The first kappa shape index (κ1) is 16.7. The Morgan fingerprint density at radius 2 is 1.05 bits per heavy atom. The minimum absolute atomic E-state index is 0.0547. The first-order valence-corrected chi connectivity index (χ1v) is 11.9. The first-order chi connectivity index (χ1) is 9.88. The summed E-state index contributed by atoms with van der Waals surface area (Å²) < 4.78 is 0. The summed E-state index contributed by atoms with van der Waals surface area (Å²) in [5.41, 5.74) is 5.78. The normalized spacial score (nSPS) is 11.4. The number of benzene rings is 2. The summed E-state index contributed by atoms with van der Waals surface area (Å²) in [6.07, 6.45) is 1.08. The molecule has 0 nitrogen and oxygen atoms in total. The monoisotopic (exact) mass is 316 g/mol. The summed E-state index contributed by atoms with van der Waals surface area (Å²) in [5, 5.41) is 3.13. The summed E-state index contributed by atoms with van der Waals surface area (Å²) in [7, 11) is -0.109. The van der Waals surface area contributed by atoms with Crippen molar-refractivity contribution in [2.24, 2.45) is 0 Å². The summed E-state index contributed by atoms with van der Waals surface area (Å²) >= 11 is 0. The van der Waals surface area contributed by atoms with Gasteiger partial charge >= 0.3 is 0 Å². The van der Waals surface area contributed by atoms with E-state index in [-0.39, 0.29) is 15.8 Å². The fraction of sp³-hybridized carbons (Fsp3) is 0.368. The van der Waals surface area contributed by atoms with Crippen LogP contribution in [0.25, 0.3) is 0 Å². The predicted octanol–water partition coefficient (Wildman–Crippen LogP) is 4.63. The molecule has 0 heterocycles. The second-order valence-electron chi connectivity index (χ2n) is 6.23. The molecule has 0 aromatic heterocycles. The molecule has 112 valence electrons. The standard InChI is InChI=1S/C19H26P2/c1-14-7-9-16(18(11-14)20(3)4)13-17-10-8-15(2)12-19(17)21(5)6/h7-12H,13H2,1-6H3. The smallest absolute Gasteiger partial charge is 0.00131 e. The van der Waals surface area contributed by atoms with E-state index in [1.54, 1.807) is 10.6 Å². The molecule has 0 N–H and O–H groups in total. The fourth-order valence-electron chi connectivity index (χ4n) is 2.68. The van der Waals surface area contributed by atoms with Crippen molar-refractivity contribution in [3.05, 3.63) is 58.7 Å². The van der Waals surface area contributed by atoms with E-state index >= 15 is 0 Å². The third-order valence-electron chi connectivity index (χ3n) is 3.83. The minimum Gasteiger partial charge on any atom is -0.0814 e. The van der Waals surface area contributed by atoms with Crippen molar-refractivity contribution in [2.45, 2.75) is 20.3 Å². The number of hydrogen-bond acceptors (Lipinski definition) is 0. The van der Waals surface area contributed by atoms with Crippen LogP contribution in [0.1, 0.15) is 22.3 Å². The Bertz CT molecular complexity index is 572. The van der Waals surface area contributed by atoms with Gasteiger partial charge in [-0.15, -0.1) is 0 Å². The highest BCUT2D eigenvalue weighted by Gasteiger charge is 2.11. The molecule has 0 spiro atoms. The van der Waals surface area contributed by atoms with Crippen molar-refractivity contribution in [3.8, 4) is 0 Å². The van der Waals surface area contributed by atoms with E-state index in [9.17, 15) is 0 Å². The number of rotatable bonds is 4. The van der Waals surface area contributed by atoms with Crippen LogP contribution in [0.3, 0.4) is 0 Å². The lowest BCUT2D eigenvalue weighted by Crippen LogP contribution is -2.14. The largest absolute Gasteiger partial charge is 0.0814 e. The van der Waals surface area contributed by atoms with E-state index in [2.05, 4.69) is 76.9 Å². The van der Waals surface area contributed by atoms with E-state index < -0.39 is 0 Å². The van der Waals surface area contributed by atoms with Crippen LogP contribution in [0.2, 0.25) is 0 Å². The molecule has 0 amide bonds. The Balaban J connectivity index is 2.43. The van der Waals surface area contributed by atoms with Crippen LogP contribution in [-0.2, 0) is 6.42 Å². The lowest BCUT2D eigenvalue weighted by molar-refractivity contribution is 1.21. The maximum atomic E-state index is 2.38. The van der Waals surface area contributed by atoms with Gasteiger partial charge < -0.3 is 0 Å². The molecule has 0 bridgehead atoms. The predicted molar refractivity (Wildman–Crippen MR) is 102 cm³/mol. The molecule has 0 unspecified atom stereocenters. The average Bonchev–Trinajstić information content (AvgIpc) is 2.42. The Labute approximate surface area is 132 Å². The minimum atomic E-state index is -0.0547. The van der Waals surface area contributed by atoms with Crippen molar-refractivity contribution in [1.29, 1.82) is 0 Å². The molecule has 0 aliphatic carbocycles. The summed E-state index contributed by atoms with van der Waals surface area (Å²) in [4.78, 5) is 0. The van der Waals surface area contributed by atoms with Gasteiger partial charge in [0.1, 0.15) is 0 Å². The second kappa shape index (κ2) is 7.04. The van der Waals surface area contributed by atoms with E-state index in [0.29, 0.717) is 0 Å². The zero-order chi connectivity index (χ0) is 15.6. The average molecular weight is 316 g/mol. The molecule has 0 saturated carbocycles. The number of aryl methyl sites for hydroxylation is 2. The molecular weight excluding hydrogens is 290 g/mol. The molecule has 0 radical (unpaired) electrons. The van der Waals surface area contributed by atoms with Gasteiger partial charge in [-0.1, -0.05) is 63.4 Å². The van der Waals surface area contributed by atoms with Crippen molar-refractivity contribution in [3.63, 3.8) is 0 Å². The maximum absolute atomic E-state index is 2.38. The molecule has 0 aliphatic rings. The Kier molecular flexibility index (Phi) is 5.59. The van der Waals surface area contributed by atoms with Crippen LogP contribution in [0, 0.1) is 13.8 Å². The molecule has 21 heavy (non-hydrogen) atoms. The van der Waals surface area contributed by atoms with Crippen molar-refractivity contribution in [1.82, 2.24) is 0 Å². The van der Waals surface area contributed by atoms with Gasteiger partial charge in [0.05, 0.1) is 0 Å². The van der Waals surface area contributed by atoms with Crippen LogP contribution in [0.15, 0.2) is 36.4 Å². The first-order valence-electron chi connectivity index (χ1n) is 7.42. The highest BCUT2D eigenvalue weighted by atomic mass is 31.1. The van der Waals surface area contributed by atoms with Crippen LogP contribution in [-0.4, -0.2) is 26.7 Å². The number of hydrogen-bond donors (Lipinski definition) is 0. The van der Waals surface area contributed by atoms with Crippen LogP contribution in [0.5, 0.6) is 0 Å². The Hall–Kier alpha value is -0.700. The molecule has 2 rings (SSSR count). The molecular formula is C19H26P2. The third-order valence-corrected chi connectivity index (χ3v) is 6.59. The molecule has 0 aliphatic heterocycles. The Morgan fingerprint density at radius 3 is 1.38 bits per heavy atom. The van der Waals surface area contributed by atoms with E-state index in [1.165, 1.54) is 22.3 Å². The zero-order valence-electron chi connectivity index (χ0n) is 14.1. The van der Waals surface area contributed by atoms with Gasteiger partial charge in [-0.3, -0.25) is 0 Å². The molecule has 2 aromatic carbocycles. The van der Waals surface area contributed by atoms with E-state index in [4.69, 9.17) is 0 Å². The topological polar surface area (TPSA) is 0 Å².